The predicted molar refractivity (Wildman–Crippen MR) is 85.3 cm³/mol. The highest BCUT2D eigenvalue weighted by atomic mass is 14.3. The number of hydrogen-bond acceptors (Lipinski definition) is 0. The predicted octanol–water partition coefficient (Wildman–Crippen LogP) is 6.59. The Hall–Kier alpha value is 0. The fourth-order valence-corrected chi connectivity index (χ4v) is 4.55. The molecule has 2 aliphatic carbocycles. The molecule has 0 nitrogen and oxygen atoms in total. The van der Waals surface area contributed by atoms with Crippen molar-refractivity contribution in [3.63, 3.8) is 0 Å². The standard InChI is InChI=1S/C19H36/c1-3-16-8-12-18(13-9-16)6-5-7-19-14-10-17(4-2)11-15-19/h16-19H,3-15H2,1-2H3. The van der Waals surface area contributed by atoms with E-state index in [-0.39, 0.29) is 0 Å². The van der Waals surface area contributed by atoms with Crippen LogP contribution in [0.15, 0.2) is 0 Å². The Bertz CT molecular complexity index is 192. The Morgan fingerprint density at radius 3 is 1.16 bits per heavy atom. The van der Waals surface area contributed by atoms with Gasteiger partial charge in [0.05, 0.1) is 0 Å². The second-order valence-corrected chi connectivity index (χ2v) is 7.52. The van der Waals surface area contributed by atoms with Crippen LogP contribution < -0.4 is 0 Å². The van der Waals surface area contributed by atoms with Gasteiger partial charge in [-0.15, -0.1) is 0 Å². The third-order valence-corrected chi connectivity index (χ3v) is 6.31. The molecule has 0 aliphatic heterocycles. The fourth-order valence-electron chi connectivity index (χ4n) is 4.55. The molecule has 0 unspecified atom stereocenters. The smallest absolute Gasteiger partial charge is 0.0414 e. The monoisotopic (exact) mass is 264 g/mol. The van der Waals surface area contributed by atoms with Crippen LogP contribution in [0.2, 0.25) is 0 Å². The maximum Gasteiger partial charge on any atom is -0.0414 e. The quantitative estimate of drug-likeness (QED) is 0.507. The molecular formula is C19H36. The lowest BCUT2D eigenvalue weighted by molar-refractivity contribution is 0.229. The van der Waals surface area contributed by atoms with Crippen molar-refractivity contribution in [1.82, 2.24) is 0 Å². The van der Waals surface area contributed by atoms with Crippen molar-refractivity contribution in [1.29, 1.82) is 0 Å². The number of rotatable bonds is 6. The van der Waals surface area contributed by atoms with Crippen molar-refractivity contribution in [3.05, 3.63) is 0 Å². The first-order valence-corrected chi connectivity index (χ1v) is 9.31. The first kappa shape index (κ1) is 15.4. The maximum absolute atomic E-state index is 2.37. The molecule has 112 valence electrons. The molecule has 0 aromatic carbocycles. The minimum absolute atomic E-state index is 1.07. The van der Waals surface area contributed by atoms with Gasteiger partial charge in [0.1, 0.15) is 0 Å². The molecule has 0 saturated heterocycles. The van der Waals surface area contributed by atoms with Crippen LogP contribution in [0.4, 0.5) is 0 Å². The van der Waals surface area contributed by atoms with E-state index in [4.69, 9.17) is 0 Å². The lowest BCUT2D eigenvalue weighted by Crippen LogP contribution is -2.16. The van der Waals surface area contributed by atoms with E-state index in [0.29, 0.717) is 0 Å². The van der Waals surface area contributed by atoms with Gasteiger partial charge in [-0.05, 0) is 23.7 Å². The molecule has 0 heterocycles. The highest BCUT2D eigenvalue weighted by molar-refractivity contribution is 4.74. The molecule has 2 rings (SSSR count). The molecule has 0 radical (unpaired) electrons. The van der Waals surface area contributed by atoms with Gasteiger partial charge in [0.2, 0.25) is 0 Å². The van der Waals surface area contributed by atoms with Crippen LogP contribution in [0, 0.1) is 23.7 Å². The summed E-state index contributed by atoms with van der Waals surface area (Å²) in [7, 11) is 0. The van der Waals surface area contributed by atoms with E-state index in [1.54, 1.807) is 38.5 Å². The normalized spacial score (nSPS) is 36.3. The largest absolute Gasteiger partial charge is 0.0651 e. The van der Waals surface area contributed by atoms with Crippen LogP contribution in [-0.4, -0.2) is 0 Å². The lowest BCUT2D eigenvalue weighted by Gasteiger charge is -2.30. The summed E-state index contributed by atoms with van der Waals surface area (Å²) in [5, 5.41) is 0. The van der Waals surface area contributed by atoms with E-state index >= 15 is 0 Å². The maximum atomic E-state index is 2.37. The molecule has 2 saturated carbocycles. The van der Waals surface area contributed by atoms with Crippen molar-refractivity contribution in [2.45, 2.75) is 97.3 Å². The van der Waals surface area contributed by atoms with Gasteiger partial charge in [0.25, 0.3) is 0 Å². The zero-order valence-electron chi connectivity index (χ0n) is 13.5. The topological polar surface area (TPSA) is 0 Å². The second kappa shape index (κ2) is 8.32. The highest BCUT2D eigenvalue weighted by Gasteiger charge is 2.22. The van der Waals surface area contributed by atoms with Gasteiger partial charge >= 0.3 is 0 Å². The Labute approximate surface area is 121 Å². The second-order valence-electron chi connectivity index (χ2n) is 7.52. The third-order valence-electron chi connectivity index (χ3n) is 6.31. The minimum Gasteiger partial charge on any atom is -0.0651 e. The Kier molecular flexibility index (Phi) is 6.74. The van der Waals surface area contributed by atoms with Crippen LogP contribution >= 0.6 is 0 Å². The van der Waals surface area contributed by atoms with Gasteiger partial charge in [-0.3, -0.25) is 0 Å². The van der Waals surface area contributed by atoms with Crippen molar-refractivity contribution in [2.75, 3.05) is 0 Å². The molecule has 0 bridgehead atoms. The Morgan fingerprint density at radius 1 is 0.526 bits per heavy atom. The zero-order valence-corrected chi connectivity index (χ0v) is 13.5. The molecule has 0 heteroatoms. The molecule has 19 heavy (non-hydrogen) atoms. The van der Waals surface area contributed by atoms with Crippen LogP contribution in [0.3, 0.4) is 0 Å². The van der Waals surface area contributed by atoms with Crippen molar-refractivity contribution >= 4 is 0 Å². The first-order valence-electron chi connectivity index (χ1n) is 9.31. The summed E-state index contributed by atoms with van der Waals surface area (Å²) in [5.74, 6) is 4.32. The van der Waals surface area contributed by atoms with Gasteiger partial charge in [-0.1, -0.05) is 97.3 Å². The molecule has 2 aliphatic rings. The zero-order chi connectivity index (χ0) is 13.5. The first-order chi connectivity index (χ1) is 9.31. The van der Waals surface area contributed by atoms with Crippen molar-refractivity contribution in [3.8, 4) is 0 Å². The Balaban J connectivity index is 1.53. The van der Waals surface area contributed by atoms with Crippen molar-refractivity contribution in [2.24, 2.45) is 23.7 Å². The average molecular weight is 264 g/mol. The molecule has 0 N–H and O–H groups in total. The minimum atomic E-state index is 1.07. The van der Waals surface area contributed by atoms with E-state index in [9.17, 15) is 0 Å². The van der Waals surface area contributed by atoms with Crippen LogP contribution in [-0.2, 0) is 0 Å². The van der Waals surface area contributed by atoms with E-state index in [0.717, 1.165) is 23.7 Å². The van der Waals surface area contributed by atoms with Gasteiger partial charge in [-0.2, -0.15) is 0 Å². The van der Waals surface area contributed by atoms with Crippen molar-refractivity contribution < 1.29 is 0 Å². The number of hydrogen-bond donors (Lipinski definition) is 0. The van der Waals surface area contributed by atoms with Gasteiger partial charge < -0.3 is 0 Å². The summed E-state index contributed by atoms with van der Waals surface area (Å²) in [6.45, 7) is 4.75. The highest BCUT2D eigenvalue weighted by Crippen LogP contribution is 2.36. The van der Waals surface area contributed by atoms with Gasteiger partial charge in [0, 0.05) is 0 Å². The molecule has 0 amide bonds. The van der Waals surface area contributed by atoms with E-state index in [2.05, 4.69) is 13.8 Å². The van der Waals surface area contributed by atoms with Crippen LogP contribution in [0.5, 0.6) is 0 Å². The molecular weight excluding hydrogens is 228 g/mol. The van der Waals surface area contributed by atoms with E-state index in [1.807, 2.05) is 0 Å². The lowest BCUT2D eigenvalue weighted by atomic mass is 9.76. The average Bonchev–Trinajstić information content (AvgIpc) is 2.49. The summed E-state index contributed by atoms with van der Waals surface area (Å²) in [5.41, 5.74) is 0. The summed E-state index contributed by atoms with van der Waals surface area (Å²) in [4.78, 5) is 0. The molecule has 0 aromatic heterocycles. The Morgan fingerprint density at radius 2 is 0.842 bits per heavy atom. The van der Waals surface area contributed by atoms with E-state index in [1.165, 1.54) is 44.9 Å². The molecule has 0 aromatic rings. The van der Waals surface area contributed by atoms with Crippen LogP contribution in [0.1, 0.15) is 97.3 Å². The summed E-state index contributed by atoms with van der Waals surface area (Å²) < 4.78 is 0. The van der Waals surface area contributed by atoms with Crippen LogP contribution in [0.25, 0.3) is 0 Å². The third kappa shape index (κ3) is 5.12. The molecule has 2 fully saturated rings. The summed E-state index contributed by atoms with van der Waals surface area (Å²) in [6.07, 6.45) is 19.8. The van der Waals surface area contributed by atoms with Gasteiger partial charge in [0.15, 0.2) is 0 Å². The summed E-state index contributed by atoms with van der Waals surface area (Å²) in [6, 6.07) is 0. The van der Waals surface area contributed by atoms with Gasteiger partial charge in [-0.25, -0.2) is 0 Å². The molecule has 0 atom stereocenters. The SMILES string of the molecule is CCC1CCC(CCCC2CCC(CC)CC2)CC1. The van der Waals surface area contributed by atoms with E-state index < -0.39 is 0 Å². The molecule has 0 spiro atoms. The summed E-state index contributed by atoms with van der Waals surface area (Å²) >= 11 is 0. The fraction of sp³-hybridized carbons (Fsp3) is 1.00.